The third kappa shape index (κ3) is 4.24. The van der Waals surface area contributed by atoms with E-state index in [1.807, 2.05) is 24.3 Å². The lowest BCUT2D eigenvalue weighted by atomic mass is 10.1. The number of nitrogens with zero attached hydrogens (tertiary/aromatic N) is 3. The number of hydrogen-bond acceptors (Lipinski definition) is 5. The fourth-order valence-corrected chi connectivity index (χ4v) is 3.61. The van der Waals surface area contributed by atoms with Gasteiger partial charge in [0.25, 0.3) is 5.91 Å². The first kappa shape index (κ1) is 18.0. The molecule has 0 atom stereocenters. The molecule has 1 amide bonds. The summed E-state index contributed by atoms with van der Waals surface area (Å²) in [5, 5.41) is 9.64. The number of methoxy groups -OCH3 is 1. The molecular formula is C20H19N3O2S. The molecule has 5 nitrogen and oxygen atoms in total. The fraction of sp³-hybridized carbons (Fsp3) is 0.250. The Labute approximate surface area is 157 Å². The average Bonchev–Trinajstić information content (AvgIpc) is 3.16. The quantitative estimate of drug-likeness (QED) is 0.815. The summed E-state index contributed by atoms with van der Waals surface area (Å²) in [6.07, 6.45) is 0.812. The molecular weight excluding hydrogens is 346 g/mol. The maximum Gasteiger partial charge on any atom is 0.259 e. The van der Waals surface area contributed by atoms with Gasteiger partial charge in [-0.3, -0.25) is 14.7 Å². The largest absolute Gasteiger partial charge is 0.497 e. The fourth-order valence-electron chi connectivity index (χ4n) is 2.64. The van der Waals surface area contributed by atoms with E-state index in [4.69, 9.17) is 10.00 Å². The Morgan fingerprint density at radius 2 is 1.96 bits per heavy atom. The molecule has 1 fully saturated rings. The van der Waals surface area contributed by atoms with Gasteiger partial charge in [0, 0.05) is 24.4 Å². The van der Waals surface area contributed by atoms with E-state index >= 15 is 0 Å². The highest BCUT2D eigenvalue weighted by Gasteiger charge is 2.26. The molecule has 0 saturated carbocycles. The number of amidine groups is 1. The van der Waals surface area contributed by atoms with Gasteiger partial charge < -0.3 is 4.74 Å². The minimum absolute atomic E-state index is 0.0670. The molecule has 132 valence electrons. The van der Waals surface area contributed by atoms with E-state index in [1.54, 1.807) is 48.0 Å². The van der Waals surface area contributed by atoms with E-state index in [1.165, 1.54) is 5.56 Å². The molecule has 1 aliphatic rings. The van der Waals surface area contributed by atoms with Gasteiger partial charge in [-0.2, -0.15) is 5.26 Å². The maximum atomic E-state index is 12.7. The lowest BCUT2D eigenvalue weighted by Crippen LogP contribution is -2.32. The number of nitriles is 1. The van der Waals surface area contributed by atoms with Gasteiger partial charge in [0.05, 0.1) is 18.7 Å². The Hall–Kier alpha value is -2.78. The summed E-state index contributed by atoms with van der Waals surface area (Å²) in [5.41, 5.74) is 2.31. The Bertz CT molecular complexity index is 839. The standard InChI is InChI=1S/C20H19N3O2S/c1-25-18-8-4-15(5-9-18)10-11-22-20-23(12-13-26-20)19(24)17-6-2-16(14-21)3-7-17/h2-9H,10-13H2,1H3. The van der Waals surface area contributed by atoms with Crippen molar-refractivity contribution in [2.75, 3.05) is 26.0 Å². The van der Waals surface area contributed by atoms with Gasteiger partial charge in [0.2, 0.25) is 0 Å². The number of rotatable bonds is 5. The van der Waals surface area contributed by atoms with Crippen molar-refractivity contribution in [3.05, 3.63) is 65.2 Å². The Kier molecular flexibility index (Phi) is 5.92. The number of carbonyl (C=O) groups excluding carboxylic acids is 1. The molecule has 1 heterocycles. The third-order valence-corrected chi connectivity index (χ3v) is 5.08. The lowest BCUT2D eigenvalue weighted by Gasteiger charge is -2.16. The van der Waals surface area contributed by atoms with Crippen molar-refractivity contribution in [2.24, 2.45) is 4.99 Å². The number of amides is 1. The zero-order valence-corrected chi connectivity index (χ0v) is 15.3. The van der Waals surface area contributed by atoms with Crippen molar-refractivity contribution in [1.82, 2.24) is 4.90 Å². The van der Waals surface area contributed by atoms with Crippen molar-refractivity contribution in [3.8, 4) is 11.8 Å². The minimum Gasteiger partial charge on any atom is -0.497 e. The summed E-state index contributed by atoms with van der Waals surface area (Å²) in [7, 11) is 1.65. The van der Waals surface area contributed by atoms with Gasteiger partial charge in [0.15, 0.2) is 5.17 Å². The Morgan fingerprint density at radius 3 is 2.62 bits per heavy atom. The zero-order chi connectivity index (χ0) is 18.4. The third-order valence-electron chi connectivity index (χ3n) is 4.09. The Morgan fingerprint density at radius 1 is 1.23 bits per heavy atom. The van der Waals surface area contributed by atoms with Gasteiger partial charge in [-0.1, -0.05) is 23.9 Å². The zero-order valence-electron chi connectivity index (χ0n) is 14.5. The van der Waals surface area contributed by atoms with Crippen molar-refractivity contribution >= 4 is 22.8 Å². The predicted octanol–water partition coefficient (Wildman–Crippen LogP) is 3.35. The second-order valence-corrected chi connectivity index (χ2v) is 6.82. The van der Waals surface area contributed by atoms with Crippen LogP contribution in [0.2, 0.25) is 0 Å². The van der Waals surface area contributed by atoms with Crippen LogP contribution in [-0.2, 0) is 6.42 Å². The van der Waals surface area contributed by atoms with Crippen LogP contribution in [0.4, 0.5) is 0 Å². The van der Waals surface area contributed by atoms with E-state index in [0.717, 1.165) is 23.1 Å². The average molecular weight is 365 g/mol. The first-order chi connectivity index (χ1) is 12.7. The number of aliphatic imine (C=N–C) groups is 1. The van der Waals surface area contributed by atoms with Crippen LogP contribution < -0.4 is 4.74 Å². The molecule has 0 aromatic heterocycles. The van der Waals surface area contributed by atoms with Gasteiger partial charge in [-0.25, -0.2) is 0 Å². The minimum atomic E-state index is -0.0670. The van der Waals surface area contributed by atoms with E-state index < -0.39 is 0 Å². The molecule has 26 heavy (non-hydrogen) atoms. The number of benzene rings is 2. The molecule has 6 heteroatoms. The van der Waals surface area contributed by atoms with Crippen molar-refractivity contribution < 1.29 is 9.53 Å². The normalized spacial score (nSPS) is 15.1. The highest BCUT2D eigenvalue weighted by Crippen LogP contribution is 2.21. The maximum absolute atomic E-state index is 12.7. The highest BCUT2D eigenvalue weighted by atomic mass is 32.2. The number of thioether (sulfide) groups is 1. The molecule has 3 rings (SSSR count). The number of hydrogen-bond donors (Lipinski definition) is 0. The first-order valence-electron chi connectivity index (χ1n) is 8.33. The summed E-state index contributed by atoms with van der Waals surface area (Å²) in [6.45, 7) is 1.29. The second kappa shape index (κ2) is 8.54. The summed E-state index contributed by atoms with van der Waals surface area (Å²) < 4.78 is 5.16. The monoisotopic (exact) mass is 365 g/mol. The summed E-state index contributed by atoms with van der Waals surface area (Å²) in [6, 6.07) is 16.7. The SMILES string of the molecule is COc1ccc(CCN=C2SCCN2C(=O)c2ccc(C#N)cc2)cc1. The molecule has 2 aromatic rings. The Balaban J connectivity index is 1.63. The molecule has 0 N–H and O–H groups in total. The molecule has 0 aliphatic carbocycles. The van der Waals surface area contributed by atoms with Crippen molar-refractivity contribution in [1.29, 1.82) is 5.26 Å². The van der Waals surface area contributed by atoms with Gasteiger partial charge in [-0.15, -0.1) is 0 Å². The molecule has 0 radical (unpaired) electrons. The predicted molar refractivity (Wildman–Crippen MR) is 104 cm³/mol. The summed E-state index contributed by atoms with van der Waals surface area (Å²) in [4.78, 5) is 19.0. The van der Waals surface area contributed by atoms with Gasteiger partial charge >= 0.3 is 0 Å². The highest BCUT2D eigenvalue weighted by molar-refractivity contribution is 8.14. The van der Waals surface area contributed by atoms with E-state index in [-0.39, 0.29) is 5.91 Å². The van der Waals surface area contributed by atoms with Crippen LogP contribution in [0.25, 0.3) is 0 Å². The molecule has 2 aromatic carbocycles. The van der Waals surface area contributed by atoms with E-state index in [0.29, 0.717) is 24.2 Å². The van der Waals surface area contributed by atoms with Crippen LogP contribution in [0, 0.1) is 11.3 Å². The lowest BCUT2D eigenvalue weighted by molar-refractivity contribution is 0.0859. The number of ether oxygens (including phenoxy) is 1. The van der Waals surface area contributed by atoms with Gasteiger partial charge in [0.1, 0.15) is 5.75 Å². The van der Waals surface area contributed by atoms with E-state index in [2.05, 4.69) is 11.1 Å². The van der Waals surface area contributed by atoms with Crippen LogP contribution in [0.5, 0.6) is 5.75 Å². The van der Waals surface area contributed by atoms with Crippen molar-refractivity contribution in [2.45, 2.75) is 6.42 Å². The van der Waals surface area contributed by atoms with Crippen molar-refractivity contribution in [3.63, 3.8) is 0 Å². The topological polar surface area (TPSA) is 65.7 Å². The molecule has 0 bridgehead atoms. The number of carbonyl (C=O) groups is 1. The van der Waals surface area contributed by atoms with Crippen LogP contribution in [0.15, 0.2) is 53.5 Å². The van der Waals surface area contributed by atoms with Gasteiger partial charge in [-0.05, 0) is 48.4 Å². The summed E-state index contributed by atoms with van der Waals surface area (Å²) in [5.74, 6) is 1.62. The van der Waals surface area contributed by atoms with Crippen LogP contribution >= 0.6 is 11.8 Å². The molecule has 1 saturated heterocycles. The summed E-state index contributed by atoms with van der Waals surface area (Å²) >= 11 is 1.61. The second-order valence-electron chi connectivity index (χ2n) is 5.76. The van der Waals surface area contributed by atoms with Crippen LogP contribution in [0.3, 0.4) is 0 Å². The van der Waals surface area contributed by atoms with Crippen LogP contribution in [0.1, 0.15) is 21.5 Å². The molecule has 1 aliphatic heterocycles. The van der Waals surface area contributed by atoms with E-state index in [9.17, 15) is 4.79 Å². The molecule has 0 spiro atoms. The smallest absolute Gasteiger partial charge is 0.259 e. The first-order valence-corrected chi connectivity index (χ1v) is 9.32. The molecule has 0 unspecified atom stereocenters. The van der Waals surface area contributed by atoms with Crippen LogP contribution in [-0.4, -0.2) is 41.9 Å².